The van der Waals surface area contributed by atoms with E-state index in [9.17, 15) is 0 Å². The number of hydrogen-bond donors (Lipinski definition) is 0. The predicted octanol–water partition coefficient (Wildman–Crippen LogP) is 7.02. The van der Waals surface area contributed by atoms with Crippen LogP contribution >= 0.6 is 0 Å². The summed E-state index contributed by atoms with van der Waals surface area (Å²) >= 11 is 0. The quantitative estimate of drug-likeness (QED) is 0.336. The van der Waals surface area contributed by atoms with Gasteiger partial charge in [-0.15, -0.1) is 0 Å². The molecule has 1 aromatic heterocycles. The monoisotopic (exact) mass is 303 g/mol. The summed E-state index contributed by atoms with van der Waals surface area (Å²) in [4.78, 5) is 4.25. The van der Waals surface area contributed by atoms with E-state index in [0.717, 1.165) is 5.69 Å². The second-order valence-corrected chi connectivity index (χ2v) is 6.80. The molecular weight excluding hydrogens is 266 g/mol. The standard InChI is InChI=1S/C21H37N/c1-3-4-5-6-7-8-9-10-11-12-13-14-15-16-21-17-18-22-20(2)19-21/h17-19H,3-16H2,1-2H3. The highest BCUT2D eigenvalue weighted by Gasteiger charge is 1.96. The first kappa shape index (κ1) is 19.2. The summed E-state index contributed by atoms with van der Waals surface area (Å²) in [5.41, 5.74) is 2.60. The Morgan fingerprint density at radius 3 is 1.73 bits per heavy atom. The van der Waals surface area contributed by atoms with Crippen molar-refractivity contribution >= 4 is 0 Å². The molecule has 0 aliphatic rings. The van der Waals surface area contributed by atoms with Gasteiger partial charge in [0.25, 0.3) is 0 Å². The summed E-state index contributed by atoms with van der Waals surface area (Å²) in [5.74, 6) is 0. The van der Waals surface area contributed by atoms with Gasteiger partial charge in [0, 0.05) is 11.9 Å². The largest absolute Gasteiger partial charge is 0.262 e. The zero-order chi connectivity index (χ0) is 15.9. The molecule has 1 heterocycles. The van der Waals surface area contributed by atoms with E-state index in [0.29, 0.717) is 0 Å². The molecule has 0 radical (unpaired) electrons. The average molecular weight is 304 g/mol. The molecule has 22 heavy (non-hydrogen) atoms. The van der Waals surface area contributed by atoms with Gasteiger partial charge in [-0.25, -0.2) is 0 Å². The lowest BCUT2D eigenvalue weighted by molar-refractivity contribution is 0.539. The van der Waals surface area contributed by atoms with Gasteiger partial charge >= 0.3 is 0 Å². The van der Waals surface area contributed by atoms with Crippen molar-refractivity contribution in [2.75, 3.05) is 0 Å². The van der Waals surface area contributed by atoms with E-state index in [2.05, 4.69) is 31.0 Å². The van der Waals surface area contributed by atoms with E-state index < -0.39 is 0 Å². The Labute approximate surface area is 138 Å². The lowest BCUT2D eigenvalue weighted by Gasteiger charge is -2.04. The Morgan fingerprint density at radius 1 is 0.727 bits per heavy atom. The molecule has 0 atom stereocenters. The maximum absolute atomic E-state index is 4.25. The Bertz CT molecular complexity index is 359. The maximum atomic E-state index is 4.25. The van der Waals surface area contributed by atoms with Gasteiger partial charge < -0.3 is 0 Å². The summed E-state index contributed by atoms with van der Waals surface area (Å²) in [6.07, 6.45) is 21.7. The van der Waals surface area contributed by atoms with Gasteiger partial charge in [-0.05, 0) is 37.5 Å². The summed E-state index contributed by atoms with van der Waals surface area (Å²) < 4.78 is 0. The van der Waals surface area contributed by atoms with Crippen LogP contribution in [0.2, 0.25) is 0 Å². The number of aromatic nitrogens is 1. The fourth-order valence-electron chi connectivity index (χ4n) is 3.11. The Hall–Kier alpha value is -0.850. The van der Waals surface area contributed by atoms with Crippen LogP contribution in [0.4, 0.5) is 0 Å². The van der Waals surface area contributed by atoms with Crippen molar-refractivity contribution < 1.29 is 0 Å². The molecule has 0 amide bonds. The molecule has 0 saturated heterocycles. The third-order valence-electron chi connectivity index (χ3n) is 4.53. The summed E-state index contributed by atoms with van der Waals surface area (Å²) in [7, 11) is 0. The molecular formula is C21H37N. The Kier molecular flexibility index (Phi) is 12.0. The molecule has 0 aliphatic carbocycles. The SMILES string of the molecule is CCCCCCCCCCCCCCCc1ccnc(C)c1. The van der Waals surface area contributed by atoms with Crippen LogP contribution in [-0.2, 0) is 6.42 Å². The van der Waals surface area contributed by atoms with E-state index in [1.54, 1.807) is 0 Å². The van der Waals surface area contributed by atoms with Gasteiger partial charge in [0.2, 0.25) is 0 Å². The number of rotatable bonds is 14. The van der Waals surface area contributed by atoms with Crippen LogP contribution in [0.1, 0.15) is 102 Å². The second kappa shape index (κ2) is 13.8. The normalized spacial score (nSPS) is 11.0. The van der Waals surface area contributed by atoms with E-state index in [-0.39, 0.29) is 0 Å². The minimum atomic E-state index is 1.15. The first-order valence-electron chi connectivity index (χ1n) is 9.74. The molecule has 0 aromatic carbocycles. The number of hydrogen-bond acceptors (Lipinski definition) is 1. The van der Waals surface area contributed by atoms with Gasteiger partial charge in [0.05, 0.1) is 0 Å². The van der Waals surface area contributed by atoms with Crippen molar-refractivity contribution in [2.45, 2.75) is 104 Å². The lowest BCUT2D eigenvalue weighted by atomic mass is 10.0. The van der Waals surface area contributed by atoms with Crippen molar-refractivity contribution in [2.24, 2.45) is 0 Å². The fraction of sp³-hybridized carbons (Fsp3) is 0.762. The van der Waals surface area contributed by atoms with E-state index in [1.807, 2.05) is 6.20 Å². The van der Waals surface area contributed by atoms with Crippen molar-refractivity contribution in [3.05, 3.63) is 29.6 Å². The molecule has 1 nitrogen and oxygen atoms in total. The fourth-order valence-corrected chi connectivity index (χ4v) is 3.11. The molecule has 0 unspecified atom stereocenters. The molecule has 1 rings (SSSR count). The maximum Gasteiger partial charge on any atom is 0.0375 e. The molecule has 0 bridgehead atoms. The molecule has 0 fully saturated rings. The highest BCUT2D eigenvalue weighted by atomic mass is 14.6. The third-order valence-corrected chi connectivity index (χ3v) is 4.53. The van der Waals surface area contributed by atoms with Crippen molar-refractivity contribution in [1.82, 2.24) is 4.98 Å². The molecule has 0 saturated carbocycles. The van der Waals surface area contributed by atoms with Crippen LogP contribution in [0, 0.1) is 6.92 Å². The molecule has 0 aliphatic heterocycles. The number of unbranched alkanes of at least 4 members (excludes halogenated alkanes) is 12. The van der Waals surface area contributed by atoms with Gasteiger partial charge in [-0.1, -0.05) is 84.0 Å². The predicted molar refractivity (Wildman–Crippen MR) is 98.4 cm³/mol. The highest BCUT2D eigenvalue weighted by molar-refractivity contribution is 5.15. The van der Waals surface area contributed by atoms with Crippen LogP contribution in [0.5, 0.6) is 0 Å². The van der Waals surface area contributed by atoms with E-state index in [1.165, 1.54) is 95.5 Å². The average Bonchev–Trinajstić information content (AvgIpc) is 2.52. The topological polar surface area (TPSA) is 12.9 Å². The second-order valence-electron chi connectivity index (χ2n) is 6.80. The van der Waals surface area contributed by atoms with Gasteiger partial charge in [-0.3, -0.25) is 4.98 Å². The summed E-state index contributed by atoms with van der Waals surface area (Å²) in [6.45, 7) is 4.37. The first-order chi connectivity index (χ1) is 10.8. The van der Waals surface area contributed by atoms with Crippen molar-refractivity contribution in [3.63, 3.8) is 0 Å². The van der Waals surface area contributed by atoms with Crippen LogP contribution in [0.15, 0.2) is 18.3 Å². The van der Waals surface area contributed by atoms with Crippen molar-refractivity contribution in [1.29, 1.82) is 0 Å². The zero-order valence-electron chi connectivity index (χ0n) is 15.1. The Morgan fingerprint density at radius 2 is 1.23 bits per heavy atom. The van der Waals surface area contributed by atoms with Gasteiger partial charge in [0.1, 0.15) is 0 Å². The number of nitrogens with zero attached hydrogens (tertiary/aromatic N) is 1. The molecule has 0 N–H and O–H groups in total. The van der Waals surface area contributed by atoms with Crippen molar-refractivity contribution in [3.8, 4) is 0 Å². The van der Waals surface area contributed by atoms with Crippen LogP contribution in [0.3, 0.4) is 0 Å². The van der Waals surface area contributed by atoms with Crippen LogP contribution in [0.25, 0.3) is 0 Å². The smallest absolute Gasteiger partial charge is 0.0375 e. The van der Waals surface area contributed by atoms with E-state index in [4.69, 9.17) is 0 Å². The minimum absolute atomic E-state index is 1.15. The van der Waals surface area contributed by atoms with Gasteiger partial charge in [0.15, 0.2) is 0 Å². The van der Waals surface area contributed by atoms with Gasteiger partial charge in [-0.2, -0.15) is 0 Å². The third kappa shape index (κ3) is 10.8. The molecule has 1 aromatic rings. The minimum Gasteiger partial charge on any atom is -0.262 e. The summed E-state index contributed by atoms with van der Waals surface area (Å²) in [6, 6.07) is 4.38. The number of pyridine rings is 1. The lowest BCUT2D eigenvalue weighted by Crippen LogP contribution is -1.89. The summed E-state index contributed by atoms with van der Waals surface area (Å²) in [5, 5.41) is 0. The van der Waals surface area contributed by atoms with Crippen LogP contribution < -0.4 is 0 Å². The Balaban J connectivity index is 1.80. The zero-order valence-corrected chi connectivity index (χ0v) is 15.1. The molecule has 1 heteroatoms. The first-order valence-corrected chi connectivity index (χ1v) is 9.74. The van der Waals surface area contributed by atoms with Crippen LogP contribution in [-0.4, -0.2) is 4.98 Å². The van der Waals surface area contributed by atoms with E-state index >= 15 is 0 Å². The molecule has 0 spiro atoms. The number of aryl methyl sites for hydroxylation is 2. The highest BCUT2D eigenvalue weighted by Crippen LogP contribution is 2.13. The molecule has 126 valence electrons.